The molecule has 0 bridgehead atoms. The van der Waals surface area contributed by atoms with Crippen LogP contribution in [0.5, 0.6) is 0 Å². The Morgan fingerprint density at radius 2 is 2.11 bits per heavy atom. The van der Waals surface area contributed by atoms with Crippen molar-refractivity contribution in [2.24, 2.45) is 0 Å². The molecule has 3 heterocycles. The van der Waals surface area contributed by atoms with Gasteiger partial charge in [0.25, 0.3) is 5.56 Å². The molecule has 1 aliphatic rings. The molecule has 0 radical (unpaired) electrons. The number of H-pyrrole nitrogens is 1. The van der Waals surface area contributed by atoms with Crippen molar-refractivity contribution >= 4 is 40.3 Å². The monoisotopic (exact) mass is 384 g/mol. The maximum Gasteiger partial charge on any atom is 0.323 e. The lowest BCUT2D eigenvalue weighted by Crippen LogP contribution is -2.28. The topological polar surface area (TPSA) is 103 Å². The van der Waals surface area contributed by atoms with Crippen LogP contribution in [0.3, 0.4) is 0 Å². The van der Waals surface area contributed by atoms with Gasteiger partial charge in [0.2, 0.25) is 5.95 Å². The van der Waals surface area contributed by atoms with E-state index < -0.39 is 0 Å². The highest BCUT2D eigenvalue weighted by Gasteiger charge is 2.23. The van der Waals surface area contributed by atoms with Gasteiger partial charge in [-0.3, -0.25) is 9.69 Å². The van der Waals surface area contributed by atoms with E-state index in [2.05, 4.69) is 25.6 Å². The van der Waals surface area contributed by atoms with Gasteiger partial charge in [-0.25, -0.2) is 9.78 Å². The van der Waals surface area contributed by atoms with E-state index in [4.69, 9.17) is 11.6 Å². The summed E-state index contributed by atoms with van der Waals surface area (Å²) < 4.78 is 0. The maximum absolute atomic E-state index is 12.4. The van der Waals surface area contributed by atoms with Crippen molar-refractivity contribution in [2.45, 2.75) is 13.0 Å². The van der Waals surface area contributed by atoms with Crippen LogP contribution in [0.1, 0.15) is 18.5 Å². The molecule has 138 valence electrons. The van der Waals surface area contributed by atoms with E-state index in [1.807, 2.05) is 6.92 Å². The van der Waals surface area contributed by atoms with Crippen LogP contribution in [0.4, 0.5) is 16.6 Å². The number of hydrogen-bond acceptors (Lipinski definition) is 5. The van der Waals surface area contributed by atoms with Crippen molar-refractivity contribution in [3.8, 4) is 0 Å². The second-order valence-corrected chi connectivity index (χ2v) is 6.71. The minimum atomic E-state index is -0.347. The zero-order chi connectivity index (χ0) is 19.0. The summed E-state index contributed by atoms with van der Waals surface area (Å²) >= 11 is 6.05. The molecule has 2 aromatic heterocycles. The smallest absolute Gasteiger partial charge is 0.323 e. The molecule has 0 spiro atoms. The molecule has 2 amide bonds. The molecule has 27 heavy (non-hydrogen) atoms. The van der Waals surface area contributed by atoms with Crippen LogP contribution in [-0.2, 0) is 0 Å². The number of nitrogens with zero attached hydrogens (tertiary/aromatic N) is 3. The summed E-state index contributed by atoms with van der Waals surface area (Å²) in [5.74, 6) is 0.846. The summed E-state index contributed by atoms with van der Waals surface area (Å²) in [6, 6.07) is 8.24. The highest BCUT2D eigenvalue weighted by atomic mass is 35.5. The van der Waals surface area contributed by atoms with Crippen molar-refractivity contribution < 1.29 is 4.79 Å². The molecular formula is C18H17ClN6O2. The fraction of sp³-hybridized carbons (Fsp3) is 0.222. The molecule has 4 rings (SSSR count). The van der Waals surface area contributed by atoms with E-state index in [0.29, 0.717) is 35.4 Å². The Bertz CT molecular complexity index is 1080. The van der Waals surface area contributed by atoms with Crippen LogP contribution in [0.2, 0.25) is 5.02 Å². The van der Waals surface area contributed by atoms with Gasteiger partial charge in [-0.05, 0) is 37.3 Å². The van der Waals surface area contributed by atoms with Gasteiger partial charge < -0.3 is 15.6 Å². The molecule has 0 aliphatic carbocycles. The lowest BCUT2D eigenvalue weighted by molar-refractivity contribution is 0.252. The minimum Gasteiger partial charge on any atom is -0.347 e. The molecule has 1 saturated heterocycles. The van der Waals surface area contributed by atoms with Crippen LogP contribution in [0.15, 0.2) is 41.3 Å². The molecule has 0 unspecified atom stereocenters. The first-order chi connectivity index (χ1) is 13.0. The lowest BCUT2D eigenvalue weighted by Gasteiger charge is -2.17. The molecule has 3 aromatic rings. The molecule has 0 saturated carbocycles. The van der Waals surface area contributed by atoms with E-state index in [9.17, 15) is 9.59 Å². The summed E-state index contributed by atoms with van der Waals surface area (Å²) in [7, 11) is 0. The van der Waals surface area contributed by atoms with Crippen molar-refractivity contribution in [3.63, 3.8) is 0 Å². The Balaban J connectivity index is 1.61. The van der Waals surface area contributed by atoms with Gasteiger partial charge in [0, 0.05) is 40.8 Å². The SMILES string of the molecule is C[C@H](Nc1nccc(N2CCNC2=O)n1)c1cc2cc(Cl)ccc2[nH]c1=O. The fourth-order valence-corrected chi connectivity index (χ4v) is 3.23. The number of hydrogen-bond donors (Lipinski definition) is 3. The normalized spacial score (nSPS) is 15.0. The number of carbonyl (C=O) groups is 1. The Hall–Kier alpha value is -3.13. The third kappa shape index (κ3) is 3.43. The minimum absolute atomic E-state index is 0.185. The highest BCUT2D eigenvalue weighted by molar-refractivity contribution is 6.31. The number of aromatic amines is 1. The molecule has 8 nitrogen and oxygen atoms in total. The van der Waals surface area contributed by atoms with Crippen LogP contribution in [0.25, 0.3) is 10.9 Å². The number of fused-ring (bicyclic) bond motifs is 1. The van der Waals surface area contributed by atoms with Crippen molar-refractivity contribution in [3.05, 3.63) is 57.5 Å². The number of urea groups is 1. The largest absolute Gasteiger partial charge is 0.347 e. The number of nitrogens with one attached hydrogen (secondary N) is 3. The maximum atomic E-state index is 12.4. The first-order valence-electron chi connectivity index (χ1n) is 8.49. The van der Waals surface area contributed by atoms with Crippen LogP contribution >= 0.6 is 11.6 Å². The first kappa shape index (κ1) is 17.3. The zero-order valence-electron chi connectivity index (χ0n) is 14.5. The van der Waals surface area contributed by atoms with Gasteiger partial charge in [-0.2, -0.15) is 4.98 Å². The molecule has 1 fully saturated rings. The average Bonchev–Trinajstić information content (AvgIpc) is 3.07. The predicted molar refractivity (Wildman–Crippen MR) is 104 cm³/mol. The molecule has 9 heteroatoms. The fourth-order valence-electron chi connectivity index (χ4n) is 3.05. The zero-order valence-corrected chi connectivity index (χ0v) is 15.2. The molecular weight excluding hydrogens is 368 g/mol. The number of rotatable bonds is 4. The van der Waals surface area contributed by atoms with E-state index >= 15 is 0 Å². The lowest BCUT2D eigenvalue weighted by atomic mass is 10.1. The van der Waals surface area contributed by atoms with Gasteiger partial charge in [0.05, 0.1) is 6.04 Å². The number of pyridine rings is 1. The van der Waals surface area contributed by atoms with Gasteiger partial charge in [0.15, 0.2) is 0 Å². The van der Waals surface area contributed by atoms with E-state index in [1.54, 1.807) is 41.4 Å². The number of anilines is 2. The second kappa shape index (κ2) is 6.88. The standard InChI is InChI=1S/C18H17ClN6O2/c1-10(13-9-11-8-12(19)2-3-14(11)23-16(13)26)22-17-20-5-4-15(24-17)25-7-6-21-18(25)27/h2-5,8-10H,6-7H2,1H3,(H,21,27)(H,23,26)(H,20,22,24)/t10-/m0/s1. The van der Waals surface area contributed by atoms with Crippen molar-refractivity contribution in [1.82, 2.24) is 20.3 Å². The third-order valence-corrected chi connectivity index (χ3v) is 4.66. The van der Waals surface area contributed by atoms with E-state index in [0.717, 1.165) is 10.9 Å². The van der Waals surface area contributed by atoms with E-state index in [-0.39, 0.29) is 17.6 Å². The molecule has 1 aromatic carbocycles. The number of carbonyl (C=O) groups excluding carboxylic acids is 1. The summed E-state index contributed by atoms with van der Waals surface area (Å²) in [6.07, 6.45) is 1.58. The molecule has 1 atom stereocenters. The number of halogens is 1. The van der Waals surface area contributed by atoms with Crippen molar-refractivity contribution in [1.29, 1.82) is 0 Å². The molecule has 1 aliphatic heterocycles. The van der Waals surface area contributed by atoms with Gasteiger partial charge >= 0.3 is 6.03 Å². The molecule has 3 N–H and O–H groups in total. The van der Waals surface area contributed by atoms with Gasteiger partial charge in [-0.1, -0.05) is 11.6 Å². The highest BCUT2D eigenvalue weighted by Crippen LogP contribution is 2.22. The number of amides is 2. The Labute approximate surface area is 159 Å². The third-order valence-electron chi connectivity index (χ3n) is 4.42. The summed E-state index contributed by atoms with van der Waals surface area (Å²) in [5, 5.41) is 7.30. The average molecular weight is 385 g/mol. The summed E-state index contributed by atoms with van der Waals surface area (Å²) in [4.78, 5) is 37.2. The Kier molecular flexibility index (Phi) is 4.41. The number of aromatic nitrogens is 3. The quantitative estimate of drug-likeness (QED) is 0.641. The summed E-state index contributed by atoms with van der Waals surface area (Å²) in [5.41, 5.74) is 1.07. The number of benzene rings is 1. The Morgan fingerprint density at radius 1 is 1.26 bits per heavy atom. The van der Waals surface area contributed by atoms with Gasteiger partial charge in [-0.15, -0.1) is 0 Å². The van der Waals surface area contributed by atoms with Crippen LogP contribution in [-0.4, -0.2) is 34.1 Å². The Morgan fingerprint density at radius 3 is 2.89 bits per heavy atom. The van der Waals surface area contributed by atoms with Crippen molar-refractivity contribution in [2.75, 3.05) is 23.3 Å². The van der Waals surface area contributed by atoms with Crippen LogP contribution in [0, 0.1) is 0 Å². The second-order valence-electron chi connectivity index (χ2n) is 6.27. The van der Waals surface area contributed by atoms with Crippen LogP contribution < -0.4 is 21.1 Å². The van der Waals surface area contributed by atoms with Gasteiger partial charge in [0.1, 0.15) is 5.82 Å². The predicted octanol–water partition coefficient (Wildman–Crippen LogP) is 2.67. The summed E-state index contributed by atoms with van der Waals surface area (Å²) in [6.45, 7) is 2.98. The first-order valence-corrected chi connectivity index (χ1v) is 8.86. The van der Waals surface area contributed by atoms with E-state index in [1.165, 1.54) is 0 Å².